The van der Waals surface area contributed by atoms with Crippen LogP contribution in [-0.4, -0.2) is 57.0 Å². The third-order valence-electron chi connectivity index (χ3n) is 13.2. The summed E-state index contributed by atoms with van der Waals surface area (Å²) in [6.45, 7) is 24.5. The maximum absolute atomic E-state index is 13.5. The van der Waals surface area contributed by atoms with Crippen LogP contribution in [0.2, 0.25) is 0 Å². The molecule has 0 aliphatic heterocycles. The van der Waals surface area contributed by atoms with Gasteiger partial charge in [0.05, 0.1) is 0 Å². The lowest BCUT2D eigenvalue weighted by Gasteiger charge is -2.28. The third-order valence-corrected chi connectivity index (χ3v) is 13.2. The molecule has 0 radical (unpaired) electrons. The Kier molecular flexibility index (Phi) is 15.6. The number of carbonyl (C=O) groups is 4. The van der Waals surface area contributed by atoms with E-state index in [0.717, 1.165) is 22.3 Å². The first kappa shape index (κ1) is 54.0. The van der Waals surface area contributed by atoms with Gasteiger partial charge in [-0.15, -0.1) is 0 Å². The van der Waals surface area contributed by atoms with Crippen molar-refractivity contribution < 1.29 is 38.9 Å². The molecule has 0 spiro atoms. The number of ether oxygens (including phenoxy) is 2. The van der Waals surface area contributed by atoms with E-state index < -0.39 is 36.8 Å². The number of nitrogens with one attached hydrogen (secondary N) is 4. The lowest BCUT2D eigenvalue weighted by Crippen LogP contribution is -2.43. The molecule has 4 aromatic carbocycles. The normalized spacial score (nSPS) is 12.8. The topological polar surface area (TPSA) is 201 Å². The molecule has 0 saturated heterocycles. The smallest absolute Gasteiger partial charge is 0.276 e. The van der Waals surface area contributed by atoms with Crippen LogP contribution >= 0.6 is 0 Å². The molecule has 14 heteroatoms. The first-order valence-corrected chi connectivity index (χ1v) is 24.9. The Labute approximate surface area is 434 Å². The molecule has 388 valence electrons. The average molecular weight is 1000 g/mol. The van der Waals surface area contributed by atoms with E-state index in [-0.39, 0.29) is 58.8 Å². The van der Waals surface area contributed by atoms with E-state index in [9.17, 15) is 29.4 Å². The summed E-state index contributed by atoms with van der Waals surface area (Å²) in [4.78, 5) is 60.7. The number of aromatic hydroxyl groups is 2. The number of phenolic OH excluding ortho intramolecular Hbond substituents is 2. The van der Waals surface area contributed by atoms with Crippen molar-refractivity contribution in [3.8, 4) is 23.0 Å². The van der Waals surface area contributed by atoms with Gasteiger partial charge in [0.2, 0.25) is 0 Å². The van der Waals surface area contributed by atoms with Crippen LogP contribution in [0, 0.1) is 0 Å². The van der Waals surface area contributed by atoms with Crippen LogP contribution in [0.25, 0.3) is 0 Å². The van der Waals surface area contributed by atoms with Gasteiger partial charge in [-0.2, -0.15) is 0 Å². The second-order valence-corrected chi connectivity index (χ2v) is 23.3. The minimum atomic E-state index is -0.605. The fourth-order valence-electron chi connectivity index (χ4n) is 8.77. The second kappa shape index (κ2) is 21.4. The lowest BCUT2D eigenvalue weighted by molar-refractivity contribution is -0.124. The molecule has 7 rings (SSSR count). The fourth-order valence-corrected chi connectivity index (χ4v) is 8.77. The summed E-state index contributed by atoms with van der Waals surface area (Å²) < 4.78 is 13.2. The first-order valence-electron chi connectivity index (χ1n) is 24.9. The Balaban J connectivity index is 1.41. The fraction of sp³-hybridized carbons (Fsp3) is 0.367. The van der Waals surface area contributed by atoms with Crippen LogP contribution in [0.4, 0.5) is 0 Å². The van der Waals surface area contributed by atoms with E-state index in [4.69, 9.17) is 9.47 Å². The number of aromatic nitrogens is 2. The Bertz CT molecular complexity index is 2780. The van der Waals surface area contributed by atoms with Gasteiger partial charge < -0.3 is 19.7 Å². The van der Waals surface area contributed by atoms with Crippen molar-refractivity contribution in [1.29, 1.82) is 0 Å². The van der Waals surface area contributed by atoms with Crippen LogP contribution in [0.1, 0.15) is 171 Å². The summed E-state index contributed by atoms with van der Waals surface area (Å²) in [5.74, 6) is -1.29. The number of hydrogen-bond donors (Lipinski definition) is 6. The second-order valence-electron chi connectivity index (χ2n) is 23.3. The number of hydrazine groups is 2. The first-order chi connectivity index (χ1) is 34.6. The molecule has 1 aliphatic rings. The molecule has 0 fully saturated rings. The Morgan fingerprint density at radius 2 is 0.662 bits per heavy atom. The summed E-state index contributed by atoms with van der Waals surface area (Å²) in [5, 5.41) is 25.3. The number of rotatable bonds is 8. The highest BCUT2D eigenvalue weighted by atomic mass is 16.5. The highest BCUT2D eigenvalue weighted by Crippen LogP contribution is 2.44. The molecule has 0 saturated carbocycles. The van der Waals surface area contributed by atoms with Crippen molar-refractivity contribution in [3.63, 3.8) is 0 Å². The SMILES string of the molecule is CC(C)(C)c1cc2c(O)c(c1)Cc1cc(C(C)(C)C)cc(c1OCC(=O)NNC(=O)c1ccncc1)Cc1cc(C(C)(C)C)cc(c1O)Cc1cc(C(C)(C)C)cc(c1OCC(=O)NNC(=O)c1ccncc1)C2. The molecule has 14 nitrogen and oxygen atoms in total. The minimum absolute atomic E-state index is 0.0678. The van der Waals surface area contributed by atoms with Crippen molar-refractivity contribution in [1.82, 2.24) is 31.7 Å². The number of benzene rings is 4. The molecule has 0 atom stereocenters. The van der Waals surface area contributed by atoms with Gasteiger partial charge in [0.15, 0.2) is 13.2 Å². The van der Waals surface area contributed by atoms with Crippen LogP contribution in [0.3, 0.4) is 0 Å². The molecule has 0 unspecified atom stereocenters. The molecule has 6 aromatic rings. The quantitative estimate of drug-likeness (QED) is 0.0797. The van der Waals surface area contributed by atoms with Gasteiger partial charge in [-0.3, -0.25) is 50.8 Å². The predicted molar refractivity (Wildman–Crippen MR) is 286 cm³/mol. The van der Waals surface area contributed by atoms with Crippen LogP contribution in [-0.2, 0) is 56.9 Å². The standard InChI is InChI=1S/C60H70N6O8/c1-57(2,3)45-25-37-21-41-29-47(59(7,8)9)31-43(53(41)73-33-49(67)63-65-55(71)35-13-17-61-18-14-35)23-39-27-46(58(4,5)6)28-40(52(39)70)24-44-32-48(60(10,11)12)30-42(22-38(26-45)51(37)69)54(44)74-34-50(68)64-66-56(72)36-15-19-62-20-16-36/h13-20,25-32,69-70H,21-24,33-34H2,1-12H3,(H,63,67)(H,64,68)(H,65,71)(H,66,72). The minimum Gasteiger partial charge on any atom is -0.507 e. The third kappa shape index (κ3) is 13.1. The predicted octanol–water partition coefficient (Wildman–Crippen LogP) is 9.43. The zero-order valence-corrected chi connectivity index (χ0v) is 44.7. The number of phenols is 2. The van der Waals surface area contributed by atoms with Crippen molar-refractivity contribution in [2.24, 2.45) is 0 Å². The molecule has 8 bridgehead atoms. The van der Waals surface area contributed by atoms with E-state index in [1.54, 1.807) is 0 Å². The zero-order valence-electron chi connectivity index (χ0n) is 44.7. The van der Waals surface area contributed by atoms with Crippen LogP contribution < -0.4 is 31.2 Å². The molecule has 2 heterocycles. The highest BCUT2D eigenvalue weighted by molar-refractivity contribution is 5.96. The van der Waals surface area contributed by atoms with E-state index in [1.807, 2.05) is 24.3 Å². The summed E-state index contributed by atoms with van der Waals surface area (Å²) in [6.07, 6.45) is 6.70. The Morgan fingerprint density at radius 1 is 0.419 bits per heavy atom. The summed E-state index contributed by atoms with van der Waals surface area (Å²) in [6, 6.07) is 22.4. The largest absolute Gasteiger partial charge is 0.507 e. The van der Waals surface area contributed by atoms with Gasteiger partial charge in [-0.25, -0.2) is 0 Å². The summed E-state index contributed by atoms with van der Waals surface area (Å²) >= 11 is 0. The molecular weight excluding hydrogens is 933 g/mol. The van der Waals surface area contributed by atoms with Gasteiger partial charge in [0, 0.05) is 61.6 Å². The molecule has 1 aliphatic carbocycles. The zero-order chi connectivity index (χ0) is 53.9. The van der Waals surface area contributed by atoms with Gasteiger partial charge in [0.25, 0.3) is 23.6 Å². The van der Waals surface area contributed by atoms with Gasteiger partial charge >= 0.3 is 0 Å². The molecule has 4 amide bonds. The molecule has 74 heavy (non-hydrogen) atoms. The summed E-state index contributed by atoms with van der Waals surface area (Å²) in [7, 11) is 0. The lowest BCUT2D eigenvalue weighted by atomic mass is 9.79. The van der Waals surface area contributed by atoms with Crippen molar-refractivity contribution >= 4 is 23.6 Å². The molecular formula is C60H70N6O8. The van der Waals surface area contributed by atoms with E-state index in [0.29, 0.717) is 67.1 Å². The number of pyridine rings is 2. The van der Waals surface area contributed by atoms with Gasteiger partial charge in [0.1, 0.15) is 23.0 Å². The highest BCUT2D eigenvalue weighted by Gasteiger charge is 2.29. The number of carbonyl (C=O) groups excluding carboxylic acids is 4. The summed E-state index contributed by atoms with van der Waals surface area (Å²) in [5.41, 5.74) is 18.2. The number of fused-ring (bicyclic) bond motifs is 8. The maximum Gasteiger partial charge on any atom is 0.276 e. The Morgan fingerprint density at radius 3 is 0.905 bits per heavy atom. The van der Waals surface area contributed by atoms with Gasteiger partial charge in [-0.05, 0) is 113 Å². The van der Waals surface area contributed by atoms with E-state index >= 15 is 0 Å². The molecule has 2 aromatic heterocycles. The number of nitrogens with zero attached hydrogens (tertiary/aromatic N) is 2. The van der Waals surface area contributed by atoms with Crippen molar-refractivity contribution in [2.75, 3.05) is 13.2 Å². The van der Waals surface area contributed by atoms with Crippen LogP contribution in [0.15, 0.2) is 97.6 Å². The van der Waals surface area contributed by atoms with Gasteiger partial charge in [-0.1, -0.05) is 132 Å². The maximum atomic E-state index is 13.5. The van der Waals surface area contributed by atoms with Crippen LogP contribution in [0.5, 0.6) is 23.0 Å². The van der Waals surface area contributed by atoms with E-state index in [2.05, 4.69) is 139 Å². The van der Waals surface area contributed by atoms with Crippen molar-refractivity contribution in [3.05, 3.63) is 175 Å². The average Bonchev–Trinajstić information content (AvgIpc) is 3.33. The molecule has 6 N–H and O–H groups in total. The Hall–Kier alpha value is -7.74. The monoisotopic (exact) mass is 1000 g/mol. The number of amides is 4. The van der Waals surface area contributed by atoms with Crippen molar-refractivity contribution in [2.45, 2.75) is 130 Å². The van der Waals surface area contributed by atoms with E-state index in [1.165, 1.54) is 49.1 Å². The number of hydrogen-bond acceptors (Lipinski definition) is 10.